The van der Waals surface area contributed by atoms with Crippen LogP contribution in [-0.2, 0) is 0 Å². The second-order valence-corrected chi connectivity index (χ2v) is 5.44. The second kappa shape index (κ2) is 5.30. The number of nitrogens with zero attached hydrogens (tertiary/aromatic N) is 2. The molecule has 0 aliphatic heterocycles. The van der Waals surface area contributed by atoms with Crippen LogP contribution in [0, 0.1) is 6.92 Å². The van der Waals surface area contributed by atoms with Crippen molar-refractivity contribution in [3.8, 4) is 0 Å². The van der Waals surface area contributed by atoms with E-state index in [0.717, 1.165) is 35.9 Å². The van der Waals surface area contributed by atoms with Gasteiger partial charge in [0, 0.05) is 25.1 Å². The largest absolute Gasteiger partial charge is 0.393 e. The summed E-state index contributed by atoms with van der Waals surface area (Å²) in [6, 6.07) is 0. The molecule has 1 aromatic rings. The lowest BCUT2D eigenvalue weighted by molar-refractivity contribution is 0.0131. The van der Waals surface area contributed by atoms with Crippen molar-refractivity contribution in [2.75, 3.05) is 30.8 Å². The molecule has 1 aliphatic rings. The van der Waals surface area contributed by atoms with Crippen molar-refractivity contribution in [1.82, 2.24) is 9.97 Å². The third-order valence-corrected chi connectivity index (χ3v) is 3.32. The molecule has 0 amide bonds. The van der Waals surface area contributed by atoms with Crippen LogP contribution < -0.4 is 10.6 Å². The van der Waals surface area contributed by atoms with Crippen LogP contribution in [0.15, 0.2) is 0 Å². The Hall–Kier alpha value is -1.40. The third-order valence-electron chi connectivity index (χ3n) is 3.32. The molecule has 2 rings (SSSR count). The first-order valence-corrected chi connectivity index (χ1v) is 6.60. The Morgan fingerprint density at radius 2 is 1.95 bits per heavy atom. The monoisotopic (exact) mass is 266 g/mol. The first-order chi connectivity index (χ1) is 8.96. The molecule has 1 aromatic heterocycles. The average Bonchev–Trinajstić information content (AvgIpc) is 3.22. The van der Waals surface area contributed by atoms with Crippen molar-refractivity contribution >= 4 is 11.6 Å². The molecule has 0 aromatic carbocycles. The van der Waals surface area contributed by atoms with Crippen LogP contribution in [0.25, 0.3) is 0 Å². The Bertz CT molecular complexity index is 458. The van der Waals surface area contributed by atoms with Crippen molar-refractivity contribution in [2.24, 2.45) is 0 Å². The third kappa shape index (κ3) is 3.33. The quantitative estimate of drug-likeness (QED) is 0.610. The van der Waals surface area contributed by atoms with Gasteiger partial charge in [0.2, 0.25) is 0 Å². The Morgan fingerprint density at radius 3 is 2.47 bits per heavy atom. The Labute approximate surface area is 113 Å². The molecule has 1 fully saturated rings. The molecule has 1 saturated carbocycles. The lowest BCUT2D eigenvalue weighted by atomic mass is 10.1. The van der Waals surface area contributed by atoms with Crippen molar-refractivity contribution in [3.05, 3.63) is 11.4 Å². The molecular formula is C13H22N4O2. The minimum atomic E-state index is -1.16. The zero-order chi connectivity index (χ0) is 14.0. The fourth-order valence-corrected chi connectivity index (χ4v) is 1.80. The number of rotatable bonds is 6. The van der Waals surface area contributed by atoms with Crippen LogP contribution >= 0.6 is 0 Å². The number of hydrogen-bond donors (Lipinski definition) is 4. The summed E-state index contributed by atoms with van der Waals surface area (Å²) >= 11 is 0. The van der Waals surface area contributed by atoms with Crippen LogP contribution in [0.4, 0.5) is 11.6 Å². The summed E-state index contributed by atoms with van der Waals surface area (Å²) < 4.78 is 0. The molecule has 0 saturated heterocycles. The van der Waals surface area contributed by atoms with Crippen LogP contribution in [0.3, 0.4) is 0 Å². The van der Waals surface area contributed by atoms with Gasteiger partial charge in [-0.05, 0) is 26.7 Å². The molecule has 1 heterocycles. The minimum absolute atomic E-state index is 0.245. The van der Waals surface area contributed by atoms with Gasteiger partial charge in [0.25, 0.3) is 0 Å². The van der Waals surface area contributed by atoms with E-state index in [1.165, 1.54) is 0 Å². The predicted octanol–water partition coefficient (Wildman–Crippen LogP) is 0.859. The molecule has 106 valence electrons. The molecule has 1 unspecified atom stereocenters. The van der Waals surface area contributed by atoms with Gasteiger partial charge in [-0.25, -0.2) is 9.97 Å². The molecule has 0 bridgehead atoms. The molecule has 1 aliphatic carbocycles. The van der Waals surface area contributed by atoms with Crippen LogP contribution in [0.2, 0.25) is 0 Å². The molecule has 0 radical (unpaired) electrons. The first kappa shape index (κ1) is 14.0. The minimum Gasteiger partial charge on any atom is -0.393 e. The predicted molar refractivity (Wildman–Crippen MR) is 74.5 cm³/mol. The molecule has 6 heteroatoms. The molecule has 19 heavy (non-hydrogen) atoms. The van der Waals surface area contributed by atoms with Gasteiger partial charge in [-0.3, -0.25) is 0 Å². The van der Waals surface area contributed by atoms with Gasteiger partial charge in [-0.1, -0.05) is 0 Å². The maximum Gasteiger partial charge on any atom is 0.136 e. The van der Waals surface area contributed by atoms with Crippen LogP contribution in [0.1, 0.15) is 37.1 Å². The smallest absolute Gasteiger partial charge is 0.136 e. The molecule has 4 N–H and O–H groups in total. The van der Waals surface area contributed by atoms with Gasteiger partial charge in [0.15, 0.2) is 0 Å². The summed E-state index contributed by atoms with van der Waals surface area (Å²) in [5.41, 5.74) is -0.239. The molecule has 1 atom stereocenters. The Kier molecular flexibility index (Phi) is 3.91. The van der Waals surface area contributed by atoms with Crippen molar-refractivity contribution in [2.45, 2.75) is 38.2 Å². The Morgan fingerprint density at radius 1 is 1.32 bits per heavy atom. The van der Waals surface area contributed by atoms with E-state index in [-0.39, 0.29) is 13.2 Å². The van der Waals surface area contributed by atoms with Crippen LogP contribution in [0.5, 0.6) is 0 Å². The maximum atomic E-state index is 9.82. The van der Waals surface area contributed by atoms with E-state index >= 15 is 0 Å². The van der Waals surface area contributed by atoms with Crippen LogP contribution in [-0.4, -0.2) is 46.0 Å². The van der Waals surface area contributed by atoms with E-state index in [1.54, 1.807) is 6.92 Å². The summed E-state index contributed by atoms with van der Waals surface area (Å²) in [6.45, 7) is 3.46. The van der Waals surface area contributed by atoms with Gasteiger partial charge in [0.05, 0.1) is 6.61 Å². The van der Waals surface area contributed by atoms with Gasteiger partial charge in [0.1, 0.15) is 23.1 Å². The normalized spacial score (nSPS) is 17.9. The van der Waals surface area contributed by atoms with E-state index in [2.05, 4.69) is 20.6 Å². The highest BCUT2D eigenvalue weighted by Crippen LogP contribution is 2.39. The summed E-state index contributed by atoms with van der Waals surface area (Å²) in [6.07, 6.45) is 2.28. The second-order valence-electron chi connectivity index (χ2n) is 5.44. The van der Waals surface area contributed by atoms with Gasteiger partial charge in [-0.2, -0.15) is 0 Å². The van der Waals surface area contributed by atoms with E-state index in [1.807, 2.05) is 14.0 Å². The fourth-order valence-electron chi connectivity index (χ4n) is 1.80. The van der Waals surface area contributed by atoms with Gasteiger partial charge in [-0.15, -0.1) is 0 Å². The zero-order valence-electron chi connectivity index (χ0n) is 11.7. The van der Waals surface area contributed by atoms with Gasteiger partial charge < -0.3 is 20.8 Å². The highest BCUT2D eigenvalue weighted by Gasteiger charge is 2.28. The number of nitrogens with one attached hydrogen (secondary N) is 2. The van der Waals surface area contributed by atoms with E-state index in [4.69, 9.17) is 5.11 Å². The molecule has 0 spiro atoms. The molecular weight excluding hydrogens is 244 g/mol. The maximum absolute atomic E-state index is 9.82. The van der Waals surface area contributed by atoms with E-state index in [0.29, 0.717) is 5.92 Å². The van der Waals surface area contributed by atoms with E-state index in [9.17, 15) is 5.11 Å². The fraction of sp³-hybridized carbons (Fsp3) is 0.692. The standard InChI is InChI=1S/C13H22N4O2/c1-8-10(14-3)16-12(9-4-5-9)17-11(8)15-6-13(2,19)7-18/h9,18-19H,4-7H2,1-3H3,(H2,14,15,16,17). The first-order valence-electron chi connectivity index (χ1n) is 6.60. The number of aliphatic hydroxyl groups excluding tert-OH is 1. The highest BCUT2D eigenvalue weighted by atomic mass is 16.3. The van der Waals surface area contributed by atoms with Gasteiger partial charge >= 0.3 is 0 Å². The average molecular weight is 266 g/mol. The summed E-state index contributed by atoms with van der Waals surface area (Å²) in [5, 5.41) is 25.0. The SMILES string of the molecule is CNc1nc(C2CC2)nc(NCC(C)(O)CO)c1C. The van der Waals surface area contributed by atoms with Crippen molar-refractivity contribution < 1.29 is 10.2 Å². The Balaban J connectivity index is 2.20. The molecule has 6 nitrogen and oxygen atoms in total. The summed E-state index contributed by atoms with van der Waals surface area (Å²) in [7, 11) is 1.83. The number of aromatic nitrogens is 2. The number of hydrogen-bond acceptors (Lipinski definition) is 6. The summed E-state index contributed by atoms with van der Waals surface area (Å²) in [4.78, 5) is 9.03. The van der Waals surface area contributed by atoms with Crippen molar-refractivity contribution in [1.29, 1.82) is 0 Å². The number of anilines is 2. The topological polar surface area (TPSA) is 90.3 Å². The van der Waals surface area contributed by atoms with Crippen molar-refractivity contribution in [3.63, 3.8) is 0 Å². The lowest BCUT2D eigenvalue weighted by Gasteiger charge is -2.22. The summed E-state index contributed by atoms with van der Waals surface area (Å²) in [5.74, 6) is 2.84. The highest BCUT2D eigenvalue weighted by molar-refractivity contribution is 5.57. The van der Waals surface area contributed by atoms with E-state index < -0.39 is 5.60 Å². The number of aliphatic hydroxyl groups is 2. The lowest BCUT2D eigenvalue weighted by Crippen LogP contribution is -2.37. The zero-order valence-corrected chi connectivity index (χ0v) is 11.7.